The van der Waals surface area contributed by atoms with Gasteiger partial charge in [0.15, 0.2) is 0 Å². The van der Waals surface area contributed by atoms with Gasteiger partial charge in [0.25, 0.3) is 0 Å². The summed E-state index contributed by atoms with van der Waals surface area (Å²) < 4.78 is 2.54. The summed E-state index contributed by atoms with van der Waals surface area (Å²) in [5.74, 6) is -0.0323. The molecule has 1 aliphatic heterocycles. The van der Waals surface area contributed by atoms with Gasteiger partial charge in [0.1, 0.15) is 0 Å². The van der Waals surface area contributed by atoms with Crippen LogP contribution in [0.25, 0.3) is 72.0 Å². The van der Waals surface area contributed by atoms with Gasteiger partial charge in [-0.1, -0.05) is 228 Å². The second-order valence-corrected chi connectivity index (χ2v) is 21.1. The summed E-state index contributed by atoms with van der Waals surface area (Å²) in [5.41, 5.74) is 28.5. The van der Waals surface area contributed by atoms with Crippen molar-refractivity contribution in [3.63, 3.8) is 0 Å². The van der Waals surface area contributed by atoms with E-state index in [9.17, 15) is 0 Å². The van der Waals surface area contributed by atoms with Crippen LogP contribution in [0.4, 0.5) is 0 Å². The zero-order valence-electron chi connectivity index (χ0n) is 39.3. The Morgan fingerprint density at radius 1 is 0.333 bits per heavy atom. The first-order chi connectivity index (χ1) is 33.8. The highest BCUT2D eigenvalue weighted by atomic mass is 15.0. The van der Waals surface area contributed by atoms with E-state index in [2.05, 4.69) is 251 Å². The third-order valence-corrected chi connectivity index (χ3v) is 17.2. The van der Waals surface area contributed by atoms with Crippen molar-refractivity contribution < 1.29 is 0 Å². The Balaban J connectivity index is 0.982. The Bertz CT molecular complexity index is 3930. The summed E-state index contributed by atoms with van der Waals surface area (Å²) in [6.45, 7) is 9.62. The molecule has 10 aromatic carbocycles. The molecule has 1 spiro atoms. The predicted molar refractivity (Wildman–Crippen MR) is 286 cm³/mol. The van der Waals surface area contributed by atoms with Crippen molar-refractivity contribution in [3.8, 4) is 50.2 Å². The largest absolute Gasteiger partial charge is 0.309 e. The van der Waals surface area contributed by atoms with E-state index in [1.807, 2.05) is 0 Å². The highest BCUT2D eigenvalue weighted by Crippen LogP contribution is 2.62. The smallest absolute Gasteiger partial charge is 0.0754 e. The molecular formula is C68H49N. The van der Waals surface area contributed by atoms with Crippen LogP contribution < -0.4 is 0 Å². The van der Waals surface area contributed by atoms with Crippen molar-refractivity contribution in [2.75, 3.05) is 0 Å². The number of nitrogens with zero attached hydrogens (tertiary/aromatic N) is 1. The van der Waals surface area contributed by atoms with Crippen LogP contribution in [0.5, 0.6) is 0 Å². The first kappa shape index (κ1) is 39.0. The Labute approximate surface area is 404 Å². The van der Waals surface area contributed by atoms with Crippen LogP contribution in [0.3, 0.4) is 0 Å². The Hall–Kier alpha value is -8.00. The van der Waals surface area contributed by atoms with Gasteiger partial charge in [0.05, 0.1) is 22.1 Å². The molecular weight excluding hydrogens is 831 g/mol. The molecule has 0 saturated heterocycles. The molecule has 15 rings (SSSR count). The minimum atomic E-state index is -0.530. The van der Waals surface area contributed by atoms with Crippen molar-refractivity contribution in [2.24, 2.45) is 0 Å². The van der Waals surface area contributed by atoms with E-state index in [1.165, 1.54) is 133 Å². The molecule has 1 atom stereocenters. The molecule has 1 nitrogen and oxygen atoms in total. The lowest BCUT2D eigenvalue weighted by Crippen LogP contribution is -2.33. The van der Waals surface area contributed by atoms with Gasteiger partial charge in [-0.2, -0.15) is 0 Å². The van der Waals surface area contributed by atoms with Crippen LogP contribution in [-0.2, 0) is 16.2 Å². The van der Waals surface area contributed by atoms with Gasteiger partial charge in [0.2, 0.25) is 0 Å². The summed E-state index contributed by atoms with van der Waals surface area (Å²) in [4.78, 5) is 0. The van der Waals surface area contributed by atoms with Gasteiger partial charge in [-0.15, -0.1) is 0 Å². The summed E-state index contributed by atoms with van der Waals surface area (Å²) in [5, 5.41) is 2.59. The zero-order valence-corrected chi connectivity index (χ0v) is 39.3. The van der Waals surface area contributed by atoms with Crippen LogP contribution in [-0.4, -0.2) is 4.57 Å². The van der Waals surface area contributed by atoms with E-state index in [1.54, 1.807) is 0 Å². The van der Waals surface area contributed by atoms with E-state index in [0.29, 0.717) is 0 Å². The summed E-state index contributed by atoms with van der Waals surface area (Å²) in [7, 11) is 0. The standard InChI is InChI=1S/C68H49N/c1-66(2)54-25-11-7-19-45(54)48-36-33-42(39-59(48)66)64(43-34-37-49-46-20-8-12-26-55(46)67(3,4)60(49)40-43)52-23-6-5-18-44(52)41-32-35-50-47-21-9-13-27-56(47)68(61(50)38-41)57-28-14-16-31-63(57)69-62-30-15-10-22-51(62)53-24-17-29-58(68)65(53)69/h5-40,64H,1-4H3. The van der Waals surface area contributed by atoms with E-state index >= 15 is 0 Å². The molecule has 1 aromatic heterocycles. The molecule has 0 bridgehead atoms. The lowest BCUT2D eigenvalue weighted by atomic mass is 9.65. The topological polar surface area (TPSA) is 4.93 Å². The average Bonchev–Trinajstić information content (AvgIpc) is 4.04. The molecule has 2 heterocycles. The second kappa shape index (κ2) is 13.6. The molecule has 11 aromatic rings. The average molecular weight is 880 g/mol. The summed E-state index contributed by atoms with van der Waals surface area (Å²) in [6.07, 6.45) is 0. The van der Waals surface area contributed by atoms with E-state index in [0.717, 1.165) is 0 Å². The molecule has 69 heavy (non-hydrogen) atoms. The van der Waals surface area contributed by atoms with Gasteiger partial charge in [-0.3, -0.25) is 0 Å². The van der Waals surface area contributed by atoms with Gasteiger partial charge in [-0.05, 0) is 124 Å². The second-order valence-electron chi connectivity index (χ2n) is 21.1. The van der Waals surface area contributed by atoms with Crippen LogP contribution in [0.1, 0.15) is 94.8 Å². The molecule has 1 unspecified atom stereocenters. The minimum absolute atomic E-state index is 0.0323. The van der Waals surface area contributed by atoms with Gasteiger partial charge < -0.3 is 4.57 Å². The Kier molecular flexibility index (Phi) is 7.69. The molecule has 0 saturated carbocycles. The maximum atomic E-state index is 2.57. The number of benzene rings is 10. The number of hydrogen-bond donors (Lipinski definition) is 0. The Morgan fingerprint density at radius 3 is 1.49 bits per heavy atom. The number of rotatable bonds is 4. The van der Waals surface area contributed by atoms with Crippen LogP contribution >= 0.6 is 0 Å². The molecule has 0 radical (unpaired) electrons. The molecule has 3 aliphatic carbocycles. The van der Waals surface area contributed by atoms with Gasteiger partial charge in [0, 0.05) is 27.5 Å². The fourth-order valence-electron chi connectivity index (χ4n) is 14.1. The van der Waals surface area contributed by atoms with E-state index < -0.39 is 5.41 Å². The summed E-state index contributed by atoms with van der Waals surface area (Å²) >= 11 is 0. The number of fused-ring (bicyclic) bond motifs is 18. The third kappa shape index (κ3) is 4.90. The van der Waals surface area contributed by atoms with Crippen molar-refractivity contribution in [1.82, 2.24) is 4.57 Å². The van der Waals surface area contributed by atoms with E-state index in [4.69, 9.17) is 0 Å². The SMILES string of the molecule is CC1(C)c2ccccc2-c2ccc(C(c3ccc4c(c3)C(C)(C)c3ccccc3-4)c3ccccc3-c3ccc4c(c3)C3(c5ccccc5-4)c4ccccc4-n4c5ccccc5c5cccc3c54)cc21. The lowest BCUT2D eigenvalue weighted by Gasteiger charge is -2.39. The van der Waals surface area contributed by atoms with Crippen molar-refractivity contribution in [2.45, 2.75) is 49.9 Å². The van der Waals surface area contributed by atoms with Crippen molar-refractivity contribution in [1.29, 1.82) is 0 Å². The highest BCUT2D eigenvalue weighted by molar-refractivity contribution is 6.13. The molecule has 0 amide bonds. The van der Waals surface area contributed by atoms with Crippen LogP contribution in [0, 0.1) is 0 Å². The first-order valence-electron chi connectivity index (χ1n) is 24.7. The van der Waals surface area contributed by atoms with E-state index in [-0.39, 0.29) is 16.7 Å². The molecule has 326 valence electrons. The molecule has 4 aliphatic rings. The number of para-hydroxylation sites is 3. The number of hydrogen-bond acceptors (Lipinski definition) is 0. The molecule has 1 heteroatoms. The van der Waals surface area contributed by atoms with Crippen LogP contribution in [0.15, 0.2) is 218 Å². The maximum Gasteiger partial charge on any atom is 0.0754 e. The maximum absolute atomic E-state index is 2.57. The van der Waals surface area contributed by atoms with Gasteiger partial charge >= 0.3 is 0 Å². The Morgan fingerprint density at radius 2 is 0.812 bits per heavy atom. The molecule has 0 N–H and O–H groups in total. The zero-order chi connectivity index (χ0) is 46.0. The monoisotopic (exact) mass is 879 g/mol. The van der Waals surface area contributed by atoms with Crippen molar-refractivity contribution >= 4 is 21.8 Å². The first-order valence-corrected chi connectivity index (χ1v) is 24.7. The van der Waals surface area contributed by atoms with Gasteiger partial charge in [-0.25, -0.2) is 0 Å². The quantitative estimate of drug-likeness (QED) is 0.155. The molecule has 0 fully saturated rings. The lowest BCUT2D eigenvalue weighted by molar-refractivity contribution is 0.657. The fraction of sp³-hybridized carbons (Fsp3) is 0.118. The number of aromatic nitrogens is 1. The summed E-state index contributed by atoms with van der Waals surface area (Å²) in [6, 6.07) is 83.9. The predicted octanol–water partition coefficient (Wildman–Crippen LogP) is 16.9. The van der Waals surface area contributed by atoms with Crippen LogP contribution in [0.2, 0.25) is 0 Å². The highest BCUT2D eigenvalue weighted by Gasteiger charge is 2.51. The third-order valence-electron chi connectivity index (χ3n) is 17.2. The normalized spacial score (nSPS) is 16.8. The minimum Gasteiger partial charge on any atom is -0.309 e. The van der Waals surface area contributed by atoms with Crippen molar-refractivity contribution in [3.05, 3.63) is 280 Å². The fourth-order valence-corrected chi connectivity index (χ4v) is 14.1.